The van der Waals surface area contributed by atoms with Crippen LogP contribution in [0.15, 0.2) is 0 Å². The molecule has 0 bridgehead atoms. The van der Waals surface area contributed by atoms with Gasteiger partial charge in [-0.15, -0.1) is 0 Å². The second kappa shape index (κ2) is 8.50. The van der Waals surface area contributed by atoms with Crippen LogP contribution >= 0.6 is 0 Å². The number of carbonyl (C=O) groups is 1. The number of hydrogen-bond donors (Lipinski definition) is 1. The summed E-state index contributed by atoms with van der Waals surface area (Å²) < 4.78 is 5.64. The van der Waals surface area contributed by atoms with Crippen molar-refractivity contribution in [3.05, 3.63) is 0 Å². The number of ether oxygens (including phenoxy) is 1. The number of aliphatic hydroxyl groups excluding tert-OH is 1. The fraction of sp³-hybridized carbons (Fsp3) is 0.950. The Balaban J connectivity index is 1.77. The van der Waals surface area contributed by atoms with Gasteiger partial charge < -0.3 is 9.84 Å². The molecule has 0 aliphatic heterocycles. The molecule has 3 nitrogen and oxygen atoms in total. The van der Waals surface area contributed by atoms with Gasteiger partial charge in [-0.1, -0.05) is 27.2 Å². The van der Waals surface area contributed by atoms with E-state index < -0.39 is 0 Å². The highest BCUT2D eigenvalue weighted by molar-refractivity contribution is 5.69. The van der Waals surface area contributed by atoms with Crippen LogP contribution in [0.1, 0.15) is 91.4 Å². The fourth-order valence-electron chi connectivity index (χ4n) is 4.64. The third-order valence-corrected chi connectivity index (χ3v) is 6.51. The molecule has 0 amide bonds. The van der Waals surface area contributed by atoms with Gasteiger partial charge in [0.25, 0.3) is 0 Å². The van der Waals surface area contributed by atoms with Crippen molar-refractivity contribution in [2.75, 3.05) is 0 Å². The number of esters is 1. The third-order valence-electron chi connectivity index (χ3n) is 6.51. The lowest BCUT2D eigenvalue weighted by Gasteiger charge is -2.46. The zero-order valence-corrected chi connectivity index (χ0v) is 15.4. The van der Waals surface area contributed by atoms with Crippen LogP contribution < -0.4 is 0 Å². The maximum Gasteiger partial charge on any atom is 0.306 e. The highest BCUT2D eigenvalue weighted by atomic mass is 16.5. The van der Waals surface area contributed by atoms with E-state index >= 15 is 0 Å². The number of unbranched alkanes of at least 4 members (excludes halogenated alkanes) is 1. The van der Waals surface area contributed by atoms with Gasteiger partial charge in [-0.25, -0.2) is 0 Å². The quantitative estimate of drug-likeness (QED) is 0.710. The zero-order chi connectivity index (χ0) is 16.9. The van der Waals surface area contributed by atoms with Crippen LogP contribution in [0.25, 0.3) is 0 Å². The van der Waals surface area contributed by atoms with Crippen LogP contribution in [0.4, 0.5) is 0 Å². The topological polar surface area (TPSA) is 46.5 Å². The van der Waals surface area contributed by atoms with E-state index in [4.69, 9.17) is 4.74 Å². The number of hydrogen-bond acceptors (Lipinski definition) is 3. The molecule has 0 atom stereocenters. The second-order valence-electron chi connectivity index (χ2n) is 8.39. The predicted octanol–water partition coefficient (Wildman–Crippen LogP) is 4.86. The van der Waals surface area contributed by atoms with Crippen molar-refractivity contribution in [1.29, 1.82) is 0 Å². The van der Waals surface area contributed by atoms with Crippen molar-refractivity contribution >= 4 is 5.97 Å². The Bertz CT molecular complexity index is 361. The molecule has 0 aromatic carbocycles. The standard InChI is InChI=1S/C20H36O3/c1-4-5-6-19(22)23-18-13-9-16(10-14-18)20(2,3)15-7-11-17(21)12-8-15/h15-18,21H,4-14H2,1-3H3. The molecule has 2 rings (SSSR count). The van der Waals surface area contributed by atoms with Gasteiger partial charge in [0.05, 0.1) is 6.10 Å². The summed E-state index contributed by atoms with van der Waals surface area (Å²) in [5.41, 5.74) is 0.345. The average molecular weight is 325 g/mol. The summed E-state index contributed by atoms with van der Waals surface area (Å²) in [6.45, 7) is 6.95. The third kappa shape index (κ3) is 5.20. The summed E-state index contributed by atoms with van der Waals surface area (Å²) >= 11 is 0. The summed E-state index contributed by atoms with van der Waals surface area (Å²) in [5.74, 6) is 1.46. The lowest BCUT2D eigenvalue weighted by Crippen LogP contribution is -2.39. The van der Waals surface area contributed by atoms with Crippen LogP contribution in [0.2, 0.25) is 0 Å². The summed E-state index contributed by atoms with van der Waals surface area (Å²) in [4.78, 5) is 11.8. The van der Waals surface area contributed by atoms with Crippen LogP contribution in [0.3, 0.4) is 0 Å². The van der Waals surface area contributed by atoms with Gasteiger partial charge in [0, 0.05) is 6.42 Å². The smallest absolute Gasteiger partial charge is 0.306 e. The lowest BCUT2D eigenvalue weighted by molar-refractivity contribution is -0.151. The molecule has 2 saturated carbocycles. The Morgan fingerprint density at radius 2 is 1.52 bits per heavy atom. The normalized spacial score (nSPS) is 32.5. The van der Waals surface area contributed by atoms with Crippen molar-refractivity contribution < 1.29 is 14.6 Å². The van der Waals surface area contributed by atoms with E-state index in [1.54, 1.807) is 0 Å². The maximum absolute atomic E-state index is 11.8. The minimum absolute atomic E-state index is 0.00386. The molecule has 3 heteroatoms. The largest absolute Gasteiger partial charge is 0.462 e. The Labute approximate surface area is 142 Å². The molecule has 134 valence electrons. The molecule has 0 heterocycles. The lowest BCUT2D eigenvalue weighted by atomic mass is 9.60. The second-order valence-corrected chi connectivity index (χ2v) is 8.39. The molecular formula is C20H36O3. The van der Waals surface area contributed by atoms with Crippen LogP contribution in [-0.4, -0.2) is 23.3 Å². The first kappa shape index (κ1) is 18.8. The van der Waals surface area contributed by atoms with E-state index in [2.05, 4.69) is 20.8 Å². The van der Waals surface area contributed by atoms with Crippen molar-refractivity contribution in [2.24, 2.45) is 17.3 Å². The summed E-state index contributed by atoms with van der Waals surface area (Å²) in [5, 5.41) is 9.73. The van der Waals surface area contributed by atoms with Gasteiger partial charge >= 0.3 is 5.97 Å². The van der Waals surface area contributed by atoms with E-state index in [-0.39, 0.29) is 18.2 Å². The van der Waals surface area contributed by atoms with E-state index in [1.807, 2.05) is 0 Å². The molecular weight excluding hydrogens is 288 g/mol. The Kier molecular flexibility index (Phi) is 6.94. The van der Waals surface area contributed by atoms with E-state index in [0.717, 1.165) is 50.4 Å². The first-order valence-electron chi connectivity index (χ1n) is 9.81. The van der Waals surface area contributed by atoms with Crippen LogP contribution in [-0.2, 0) is 9.53 Å². The van der Waals surface area contributed by atoms with Gasteiger partial charge in [-0.2, -0.15) is 0 Å². The summed E-state index contributed by atoms with van der Waals surface area (Å²) in [6, 6.07) is 0. The average Bonchev–Trinajstić information content (AvgIpc) is 2.54. The first-order chi connectivity index (χ1) is 10.9. The summed E-state index contributed by atoms with van der Waals surface area (Å²) in [7, 11) is 0. The fourth-order valence-corrected chi connectivity index (χ4v) is 4.64. The highest BCUT2D eigenvalue weighted by Gasteiger charge is 2.40. The Hall–Kier alpha value is -0.570. The molecule has 23 heavy (non-hydrogen) atoms. The first-order valence-corrected chi connectivity index (χ1v) is 9.81. The minimum atomic E-state index is -0.0691. The number of carbonyl (C=O) groups excluding carboxylic acids is 1. The molecule has 1 N–H and O–H groups in total. The van der Waals surface area contributed by atoms with Crippen molar-refractivity contribution in [1.82, 2.24) is 0 Å². The number of rotatable bonds is 6. The van der Waals surface area contributed by atoms with Crippen molar-refractivity contribution in [3.8, 4) is 0 Å². The van der Waals surface area contributed by atoms with Gasteiger partial charge in [0.2, 0.25) is 0 Å². The molecule has 2 aliphatic rings. The van der Waals surface area contributed by atoms with Gasteiger partial charge in [0.1, 0.15) is 6.10 Å². The van der Waals surface area contributed by atoms with Crippen LogP contribution in [0, 0.1) is 17.3 Å². The number of aliphatic hydroxyl groups is 1. The molecule has 2 aliphatic carbocycles. The van der Waals surface area contributed by atoms with Crippen molar-refractivity contribution in [3.63, 3.8) is 0 Å². The SMILES string of the molecule is CCCCC(=O)OC1CCC(C(C)(C)C2CCC(O)CC2)CC1. The predicted molar refractivity (Wildman–Crippen MR) is 93.1 cm³/mol. The Morgan fingerprint density at radius 3 is 2.04 bits per heavy atom. The molecule has 0 unspecified atom stereocenters. The summed E-state index contributed by atoms with van der Waals surface area (Å²) in [6.07, 6.45) is 11.3. The van der Waals surface area contributed by atoms with Crippen molar-refractivity contribution in [2.45, 2.75) is 104 Å². The molecule has 0 radical (unpaired) electrons. The monoisotopic (exact) mass is 324 g/mol. The molecule has 0 aromatic rings. The molecule has 2 fully saturated rings. The minimum Gasteiger partial charge on any atom is -0.462 e. The zero-order valence-electron chi connectivity index (χ0n) is 15.4. The van der Waals surface area contributed by atoms with E-state index in [1.165, 1.54) is 25.7 Å². The van der Waals surface area contributed by atoms with E-state index in [9.17, 15) is 9.90 Å². The van der Waals surface area contributed by atoms with Gasteiger partial charge in [-0.3, -0.25) is 4.79 Å². The molecule has 0 spiro atoms. The molecule has 0 aromatic heterocycles. The van der Waals surface area contributed by atoms with Gasteiger partial charge in [0.15, 0.2) is 0 Å². The van der Waals surface area contributed by atoms with Crippen LogP contribution in [0.5, 0.6) is 0 Å². The highest BCUT2D eigenvalue weighted by Crippen LogP contribution is 2.48. The Morgan fingerprint density at radius 1 is 1.00 bits per heavy atom. The van der Waals surface area contributed by atoms with Gasteiger partial charge in [-0.05, 0) is 75.0 Å². The van der Waals surface area contributed by atoms with E-state index in [0.29, 0.717) is 11.8 Å². The maximum atomic E-state index is 11.8. The molecule has 0 saturated heterocycles.